The number of phenols is 1. The summed E-state index contributed by atoms with van der Waals surface area (Å²) in [6.45, 7) is 5.78. The molecule has 0 spiro atoms. The topological polar surface area (TPSA) is 78.3 Å². The highest BCUT2D eigenvalue weighted by molar-refractivity contribution is 5.43. The molecule has 0 amide bonds. The van der Waals surface area contributed by atoms with Crippen molar-refractivity contribution in [3.8, 4) is 5.75 Å². The summed E-state index contributed by atoms with van der Waals surface area (Å²) >= 11 is 0. The third kappa shape index (κ3) is 7.79. The quantitative estimate of drug-likeness (QED) is 0.222. The van der Waals surface area contributed by atoms with Gasteiger partial charge in [0.1, 0.15) is 5.75 Å². The Morgan fingerprint density at radius 3 is 1.10 bits per heavy atom. The highest BCUT2D eigenvalue weighted by atomic mass is 16.3. The third-order valence-electron chi connectivity index (χ3n) is 6.65. The monoisotopic (exact) mass is 530 g/mol. The molecule has 0 radical (unpaired) electrons. The fourth-order valence-electron chi connectivity index (χ4n) is 4.88. The van der Waals surface area contributed by atoms with Gasteiger partial charge >= 0.3 is 0 Å². The minimum atomic E-state index is 0.324. The molecule has 0 saturated carbocycles. The SMILES string of the molecule is Cc1cc(CN(Cc2ccccn2)Cc2ccccn2)c(O)c(CN(Cc2ccccn2)Cc2ccccn2)c1. The van der Waals surface area contributed by atoms with Gasteiger partial charge in [-0.15, -0.1) is 0 Å². The van der Waals surface area contributed by atoms with E-state index >= 15 is 0 Å². The lowest BCUT2D eigenvalue weighted by Gasteiger charge is -2.25. The zero-order valence-electron chi connectivity index (χ0n) is 22.8. The van der Waals surface area contributed by atoms with Crippen LogP contribution in [0.1, 0.15) is 39.5 Å². The van der Waals surface area contributed by atoms with Gasteiger partial charge in [0.05, 0.1) is 22.8 Å². The molecule has 1 N–H and O–H groups in total. The largest absolute Gasteiger partial charge is 0.507 e. The number of hydrogen-bond donors (Lipinski definition) is 1. The molecule has 0 atom stereocenters. The summed E-state index contributed by atoms with van der Waals surface area (Å²) in [5.74, 6) is 0.324. The van der Waals surface area contributed by atoms with E-state index in [-0.39, 0.29) is 0 Å². The summed E-state index contributed by atoms with van der Waals surface area (Å²) in [6, 6.07) is 28.0. The van der Waals surface area contributed by atoms with Crippen molar-refractivity contribution in [1.29, 1.82) is 0 Å². The lowest BCUT2D eigenvalue weighted by Crippen LogP contribution is -2.25. The first kappa shape index (κ1) is 27.1. The van der Waals surface area contributed by atoms with E-state index in [2.05, 4.69) is 48.8 Å². The van der Waals surface area contributed by atoms with Gasteiger partial charge in [-0.1, -0.05) is 42.0 Å². The molecule has 0 fully saturated rings. The van der Waals surface area contributed by atoms with Gasteiger partial charge < -0.3 is 5.11 Å². The van der Waals surface area contributed by atoms with Gasteiger partial charge in [0.25, 0.3) is 0 Å². The highest BCUT2D eigenvalue weighted by Gasteiger charge is 2.18. The molecule has 5 rings (SSSR count). The first-order valence-electron chi connectivity index (χ1n) is 13.5. The van der Waals surface area contributed by atoms with Crippen molar-refractivity contribution in [1.82, 2.24) is 29.7 Å². The Kier molecular flexibility index (Phi) is 9.19. The zero-order valence-corrected chi connectivity index (χ0v) is 22.8. The molecule has 7 nitrogen and oxygen atoms in total. The second-order valence-corrected chi connectivity index (χ2v) is 10.0. The maximum absolute atomic E-state index is 11.6. The smallest absolute Gasteiger partial charge is 0.124 e. The van der Waals surface area contributed by atoms with Crippen molar-refractivity contribution in [2.24, 2.45) is 0 Å². The fraction of sp³-hybridized carbons (Fsp3) is 0.212. The van der Waals surface area contributed by atoms with Crippen LogP contribution in [0.3, 0.4) is 0 Å². The number of benzene rings is 1. The Morgan fingerprint density at radius 2 is 0.825 bits per heavy atom. The minimum absolute atomic E-state index is 0.324. The van der Waals surface area contributed by atoms with E-state index in [0.717, 1.165) is 39.5 Å². The summed E-state index contributed by atoms with van der Waals surface area (Å²) < 4.78 is 0. The third-order valence-corrected chi connectivity index (χ3v) is 6.65. The van der Waals surface area contributed by atoms with Crippen LogP contribution in [0.25, 0.3) is 0 Å². The van der Waals surface area contributed by atoms with Gasteiger partial charge in [0, 0.05) is 75.2 Å². The van der Waals surface area contributed by atoms with E-state index < -0.39 is 0 Å². The average Bonchev–Trinajstić information content (AvgIpc) is 2.97. The van der Waals surface area contributed by atoms with Crippen molar-refractivity contribution in [2.75, 3.05) is 0 Å². The molecule has 202 valence electrons. The second kappa shape index (κ2) is 13.6. The molecular formula is C33H34N6O. The molecule has 4 aromatic heterocycles. The number of nitrogens with zero attached hydrogens (tertiary/aromatic N) is 6. The van der Waals surface area contributed by atoms with Crippen molar-refractivity contribution >= 4 is 0 Å². The number of aryl methyl sites for hydroxylation is 1. The lowest BCUT2D eigenvalue weighted by atomic mass is 10.0. The van der Waals surface area contributed by atoms with Crippen LogP contribution in [0, 0.1) is 6.92 Å². The van der Waals surface area contributed by atoms with Crippen LogP contribution < -0.4 is 0 Å². The van der Waals surface area contributed by atoms with Gasteiger partial charge in [0.2, 0.25) is 0 Å². The van der Waals surface area contributed by atoms with Crippen molar-refractivity contribution in [2.45, 2.75) is 46.2 Å². The Bertz CT molecular complexity index is 1270. The molecule has 0 aliphatic heterocycles. The first-order chi connectivity index (χ1) is 19.6. The van der Waals surface area contributed by atoms with E-state index in [1.54, 1.807) is 0 Å². The molecular weight excluding hydrogens is 496 g/mol. The number of rotatable bonds is 12. The van der Waals surface area contributed by atoms with Crippen LogP contribution in [0.2, 0.25) is 0 Å². The standard InChI is InChI=1S/C33H34N6O/c1-26-18-27(20-38(22-29-10-2-6-14-34-29)23-30-11-3-7-15-35-30)33(40)28(19-26)21-39(24-31-12-4-8-16-36-31)25-32-13-5-9-17-37-32/h2-19,40H,20-25H2,1H3. The predicted molar refractivity (Wildman–Crippen MR) is 156 cm³/mol. The lowest BCUT2D eigenvalue weighted by molar-refractivity contribution is 0.231. The van der Waals surface area contributed by atoms with Crippen molar-refractivity contribution in [3.05, 3.63) is 149 Å². The van der Waals surface area contributed by atoms with Crippen molar-refractivity contribution < 1.29 is 5.11 Å². The summed E-state index contributed by atoms with van der Waals surface area (Å²) in [5.41, 5.74) is 6.78. The summed E-state index contributed by atoms with van der Waals surface area (Å²) in [6.07, 6.45) is 7.26. The van der Waals surface area contributed by atoms with E-state index in [4.69, 9.17) is 0 Å². The number of hydrogen-bond acceptors (Lipinski definition) is 7. The number of pyridine rings is 4. The van der Waals surface area contributed by atoms with Crippen LogP contribution in [0.5, 0.6) is 5.75 Å². The molecule has 1 aromatic carbocycles. The van der Waals surface area contributed by atoms with Crippen LogP contribution in [0.4, 0.5) is 0 Å². The zero-order chi connectivity index (χ0) is 27.6. The van der Waals surface area contributed by atoms with Gasteiger partial charge in [-0.05, 0) is 55.5 Å². The summed E-state index contributed by atoms with van der Waals surface area (Å²) in [5, 5.41) is 11.6. The summed E-state index contributed by atoms with van der Waals surface area (Å²) in [7, 11) is 0. The maximum atomic E-state index is 11.6. The van der Waals surface area contributed by atoms with E-state index in [1.807, 2.05) is 97.6 Å². The molecule has 5 aromatic rings. The molecule has 4 heterocycles. The van der Waals surface area contributed by atoms with Crippen LogP contribution >= 0.6 is 0 Å². The van der Waals surface area contributed by atoms with E-state index in [1.165, 1.54) is 0 Å². The molecule has 40 heavy (non-hydrogen) atoms. The van der Waals surface area contributed by atoms with Gasteiger partial charge in [-0.3, -0.25) is 29.7 Å². The Balaban J connectivity index is 1.40. The van der Waals surface area contributed by atoms with E-state index in [0.29, 0.717) is 45.0 Å². The molecule has 0 aliphatic carbocycles. The van der Waals surface area contributed by atoms with Gasteiger partial charge in [-0.2, -0.15) is 0 Å². The Hall–Kier alpha value is -4.46. The summed E-state index contributed by atoms with van der Waals surface area (Å²) in [4.78, 5) is 22.7. The van der Waals surface area contributed by atoms with Gasteiger partial charge in [-0.25, -0.2) is 0 Å². The average molecular weight is 531 g/mol. The predicted octanol–water partition coefficient (Wildman–Crippen LogP) is 5.69. The Labute approximate surface area is 235 Å². The van der Waals surface area contributed by atoms with Crippen LogP contribution in [0.15, 0.2) is 110 Å². The molecule has 7 heteroatoms. The number of aromatic nitrogens is 4. The normalized spacial score (nSPS) is 11.3. The van der Waals surface area contributed by atoms with Gasteiger partial charge in [0.15, 0.2) is 0 Å². The molecule has 0 bridgehead atoms. The minimum Gasteiger partial charge on any atom is -0.507 e. The fourth-order valence-corrected chi connectivity index (χ4v) is 4.88. The highest BCUT2D eigenvalue weighted by Crippen LogP contribution is 2.29. The molecule has 0 unspecified atom stereocenters. The molecule has 0 aliphatic rings. The van der Waals surface area contributed by atoms with E-state index in [9.17, 15) is 5.11 Å². The maximum Gasteiger partial charge on any atom is 0.124 e. The Morgan fingerprint density at radius 1 is 0.500 bits per heavy atom. The number of phenolic OH excluding ortho intramolecular Hbond substituents is 1. The van der Waals surface area contributed by atoms with Crippen LogP contribution in [-0.2, 0) is 39.3 Å². The van der Waals surface area contributed by atoms with Crippen LogP contribution in [-0.4, -0.2) is 34.8 Å². The first-order valence-corrected chi connectivity index (χ1v) is 13.5. The van der Waals surface area contributed by atoms with Crippen molar-refractivity contribution in [3.63, 3.8) is 0 Å². The second-order valence-electron chi connectivity index (χ2n) is 10.0. The number of aromatic hydroxyl groups is 1. The molecule has 0 saturated heterocycles.